The predicted octanol–water partition coefficient (Wildman–Crippen LogP) is 2.61. The summed E-state index contributed by atoms with van der Waals surface area (Å²) in [7, 11) is 0. The molecule has 8 nitrogen and oxygen atoms in total. The van der Waals surface area contributed by atoms with Crippen LogP contribution in [0.2, 0.25) is 0 Å². The molecule has 0 bridgehead atoms. The normalized spacial score (nSPS) is 14.8. The lowest BCUT2D eigenvalue weighted by Crippen LogP contribution is -2.48. The Balaban J connectivity index is 1.65. The fourth-order valence-electron chi connectivity index (χ4n) is 3.37. The van der Waals surface area contributed by atoms with Crippen molar-refractivity contribution < 1.29 is 18.0 Å². The monoisotopic (exact) mass is 419 g/mol. The molecule has 30 heavy (non-hydrogen) atoms. The number of hydrogen-bond donors (Lipinski definition) is 2. The average molecular weight is 419 g/mol. The molecule has 1 fully saturated rings. The van der Waals surface area contributed by atoms with Crippen LogP contribution in [0, 0.1) is 0 Å². The molecule has 0 spiro atoms. The zero-order valence-electron chi connectivity index (χ0n) is 16.0. The fourth-order valence-corrected chi connectivity index (χ4v) is 3.37. The second-order valence-electron chi connectivity index (χ2n) is 7.00. The van der Waals surface area contributed by atoms with E-state index < -0.39 is 12.6 Å². The molecular weight excluding hydrogens is 399 g/mol. The van der Waals surface area contributed by atoms with Crippen LogP contribution in [-0.4, -0.2) is 56.7 Å². The Kier molecular flexibility index (Phi) is 5.42. The number of halogens is 3. The molecule has 1 amide bonds. The molecule has 158 valence electrons. The van der Waals surface area contributed by atoms with E-state index in [1.54, 1.807) is 15.5 Å². The van der Waals surface area contributed by atoms with Crippen molar-refractivity contribution in [1.29, 1.82) is 0 Å². The van der Waals surface area contributed by atoms with Crippen molar-refractivity contribution in [2.45, 2.75) is 25.6 Å². The average Bonchev–Trinajstić information content (AvgIpc) is 3.35. The van der Waals surface area contributed by atoms with Gasteiger partial charge in [-0.2, -0.15) is 18.3 Å². The summed E-state index contributed by atoms with van der Waals surface area (Å²) in [4.78, 5) is 13.5. The summed E-state index contributed by atoms with van der Waals surface area (Å²) >= 11 is 0. The van der Waals surface area contributed by atoms with E-state index in [0.29, 0.717) is 36.3 Å². The third-order valence-corrected chi connectivity index (χ3v) is 4.78. The summed E-state index contributed by atoms with van der Waals surface area (Å²) in [6.07, 6.45) is -5.28. The number of aromatic nitrogens is 5. The highest BCUT2D eigenvalue weighted by atomic mass is 19.4. The van der Waals surface area contributed by atoms with Crippen molar-refractivity contribution in [2.75, 3.05) is 24.5 Å². The maximum absolute atomic E-state index is 12.7. The number of H-pyrrole nitrogens is 1. The Morgan fingerprint density at radius 3 is 2.67 bits per heavy atom. The number of nitrogens with zero attached hydrogens (tertiary/aromatic N) is 5. The van der Waals surface area contributed by atoms with Crippen LogP contribution in [0.4, 0.5) is 19.1 Å². The molecule has 1 aliphatic rings. The highest BCUT2D eigenvalue weighted by molar-refractivity contribution is 5.82. The van der Waals surface area contributed by atoms with Crippen LogP contribution in [0.5, 0.6) is 0 Å². The van der Waals surface area contributed by atoms with Crippen molar-refractivity contribution in [3.63, 3.8) is 0 Å². The minimum atomic E-state index is -4.24. The Morgan fingerprint density at radius 1 is 1.13 bits per heavy atom. The van der Waals surface area contributed by atoms with E-state index in [0.717, 1.165) is 5.56 Å². The van der Waals surface area contributed by atoms with Gasteiger partial charge in [0.15, 0.2) is 5.82 Å². The van der Waals surface area contributed by atoms with Crippen molar-refractivity contribution in [3.8, 4) is 22.8 Å². The standard InChI is InChI=1S/C19H20F3N7O/c20-19(21,22)7-4-9-29-17(26-27-18(29)28-10-8-23-16(30)12-28)15-11-14(24-25-15)13-5-2-1-3-6-13/h1-3,5-6,11H,4,7-10,12H2,(H,23,30)(H,24,25). The summed E-state index contributed by atoms with van der Waals surface area (Å²) in [6, 6.07) is 11.3. The highest BCUT2D eigenvalue weighted by Gasteiger charge is 2.28. The van der Waals surface area contributed by atoms with Gasteiger partial charge in [0.2, 0.25) is 11.9 Å². The lowest BCUT2D eigenvalue weighted by Gasteiger charge is -2.27. The van der Waals surface area contributed by atoms with Gasteiger partial charge in [0.05, 0.1) is 12.2 Å². The number of alkyl halides is 3. The van der Waals surface area contributed by atoms with Crippen LogP contribution >= 0.6 is 0 Å². The van der Waals surface area contributed by atoms with Crippen molar-refractivity contribution in [3.05, 3.63) is 36.4 Å². The number of anilines is 1. The van der Waals surface area contributed by atoms with E-state index in [2.05, 4.69) is 25.7 Å². The van der Waals surface area contributed by atoms with E-state index in [1.807, 2.05) is 30.3 Å². The van der Waals surface area contributed by atoms with Crippen molar-refractivity contribution >= 4 is 11.9 Å². The van der Waals surface area contributed by atoms with Gasteiger partial charge in [0, 0.05) is 31.6 Å². The predicted molar refractivity (Wildman–Crippen MR) is 104 cm³/mol. The first-order valence-corrected chi connectivity index (χ1v) is 9.53. The van der Waals surface area contributed by atoms with Gasteiger partial charge in [-0.15, -0.1) is 10.2 Å². The number of nitrogens with one attached hydrogen (secondary N) is 2. The molecule has 3 aromatic rings. The van der Waals surface area contributed by atoms with E-state index in [-0.39, 0.29) is 25.4 Å². The molecule has 2 N–H and O–H groups in total. The molecule has 0 saturated carbocycles. The Labute approximate surface area is 170 Å². The van der Waals surface area contributed by atoms with Crippen LogP contribution in [0.1, 0.15) is 12.8 Å². The number of amides is 1. The zero-order chi connectivity index (χ0) is 21.1. The second-order valence-corrected chi connectivity index (χ2v) is 7.00. The summed E-state index contributed by atoms with van der Waals surface area (Å²) < 4.78 is 39.7. The van der Waals surface area contributed by atoms with E-state index in [9.17, 15) is 18.0 Å². The molecule has 1 aliphatic heterocycles. The summed E-state index contributed by atoms with van der Waals surface area (Å²) in [5.74, 6) is 0.589. The van der Waals surface area contributed by atoms with Crippen LogP contribution in [0.25, 0.3) is 22.8 Å². The van der Waals surface area contributed by atoms with Crippen LogP contribution < -0.4 is 10.2 Å². The third kappa shape index (κ3) is 4.44. The van der Waals surface area contributed by atoms with Crippen LogP contribution in [-0.2, 0) is 11.3 Å². The van der Waals surface area contributed by atoms with Crippen LogP contribution in [0.15, 0.2) is 36.4 Å². The number of hydrogen-bond acceptors (Lipinski definition) is 5. The largest absolute Gasteiger partial charge is 0.389 e. The summed E-state index contributed by atoms with van der Waals surface area (Å²) in [5.41, 5.74) is 2.13. The molecule has 0 atom stereocenters. The van der Waals surface area contributed by atoms with E-state index in [4.69, 9.17) is 0 Å². The number of rotatable bonds is 6. The quantitative estimate of drug-likeness (QED) is 0.641. The first kappa shape index (κ1) is 19.9. The molecule has 4 rings (SSSR count). The topological polar surface area (TPSA) is 91.7 Å². The minimum Gasteiger partial charge on any atom is -0.353 e. The molecule has 3 heterocycles. The van der Waals surface area contributed by atoms with Gasteiger partial charge >= 0.3 is 6.18 Å². The lowest BCUT2D eigenvalue weighted by molar-refractivity contribution is -0.135. The fraction of sp³-hybridized carbons (Fsp3) is 0.368. The SMILES string of the molecule is O=C1CN(c2nnc(-c3cc(-c4ccccc4)n[nH]3)n2CCCC(F)(F)F)CCN1. The Hall–Kier alpha value is -3.37. The smallest absolute Gasteiger partial charge is 0.353 e. The highest BCUT2D eigenvalue weighted by Crippen LogP contribution is 2.28. The number of benzene rings is 1. The molecular formula is C19H20F3N7O. The molecule has 0 radical (unpaired) electrons. The van der Waals surface area contributed by atoms with Gasteiger partial charge in [-0.3, -0.25) is 14.5 Å². The lowest BCUT2D eigenvalue weighted by atomic mass is 10.1. The van der Waals surface area contributed by atoms with Crippen molar-refractivity contribution in [1.82, 2.24) is 30.3 Å². The van der Waals surface area contributed by atoms with Gasteiger partial charge in [0.25, 0.3) is 0 Å². The molecule has 0 aliphatic carbocycles. The van der Waals surface area contributed by atoms with Gasteiger partial charge < -0.3 is 10.2 Å². The van der Waals surface area contributed by atoms with Crippen molar-refractivity contribution in [2.24, 2.45) is 0 Å². The minimum absolute atomic E-state index is 0.0645. The first-order chi connectivity index (χ1) is 14.4. The Morgan fingerprint density at radius 2 is 1.93 bits per heavy atom. The second kappa shape index (κ2) is 8.17. The number of carbonyl (C=O) groups is 1. The van der Waals surface area contributed by atoms with Gasteiger partial charge in [-0.1, -0.05) is 30.3 Å². The maximum atomic E-state index is 12.7. The molecule has 11 heteroatoms. The number of carbonyl (C=O) groups excluding carboxylic acids is 1. The third-order valence-electron chi connectivity index (χ3n) is 4.78. The van der Waals surface area contributed by atoms with Gasteiger partial charge in [-0.05, 0) is 12.5 Å². The molecule has 1 saturated heterocycles. The van der Waals surface area contributed by atoms with Gasteiger partial charge in [-0.25, -0.2) is 0 Å². The summed E-state index contributed by atoms with van der Waals surface area (Å²) in [5, 5.41) is 18.3. The van der Waals surface area contributed by atoms with E-state index in [1.165, 1.54) is 0 Å². The first-order valence-electron chi connectivity index (χ1n) is 9.53. The molecule has 0 unspecified atom stereocenters. The van der Waals surface area contributed by atoms with Gasteiger partial charge in [0.1, 0.15) is 5.69 Å². The van der Waals surface area contributed by atoms with Crippen LogP contribution in [0.3, 0.4) is 0 Å². The zero-order valence-corrected chi connectivity index (χ0v) is 16.0. The van der Waals surface area contributed by atoms with E-state index >= 15 is 0 Å². The number of piperazine rings is 1. The Bertz CT molecular complexity index is 1010. The molecule has 2 aromatic heterocycles. The molecule has 1 aromatic carbocycles. The summed E-state index contributed by atoms with van der Waals surface area (Å²) in [6.45, 7) is 1.08. The number of aromatic amines is 1. The maximum Gasteiger partial charge on any atom is 0.389 e.